The molecule has 14 heavy (non-hydrogen) atoms. The zero-order valence-electron chi connectivity index (χ0n) is 8.83. The van der Waals surface area contributed by atoms with Crippen LogP contribution in [-0.2, 0) is 4.79 Å². The average Bonchev–Trinajstić information content (AvgIpc) is 2.15. The number of carboxylic acids is 1. The van der Waals surface area contributed by atoms with Crippen LogP contribution in [-0.4, -0.2) is 11.1 Å². The zero-order chi connectivity index (χ0) is 10.8. The normalized spacial score (nSPS) is 12.0. The van der Waals surface area contributed by atoms with Crippen LogP contribution in [0.4, 0.5) is 0 Å². The van der Waals surface area contributed by atoms with Gasteiger partial charge >= 0.3 is 5.97 Å². The Morgan fingerprint density at radius 1 is 1.29 bits per heavy atom. The van der Waals surface area contributed by atoms with E-state index in [1.54, 1.807) is 0 Å². The van der Waals surface area contributed by atoms with Gasteiger partial charge in [0, 0.05) is 12.3 Å². The van der Waals surface area contributed by atoms with E-state index in [1.807, 2.05) is 6.92 Å². The Hall–Kier alpha value is -1.04. The molecular weight excluding hydrogens is 178 g/mol. The van der Waals surface area contributed by atoms with Crippen molar-refractivity contribution in [3.05, 3.63) is 0 Å². The molecule has 0 saturated carbocycles. The summed E-state index contributed by atoms with van der Waals surface area (Å²) in [4.78, 5) is 10.2. The molecule has 1 N–H and O–H groups in total. The second kappa shape index (κ2) is 8.55. The maximum Gasteiger partial charge on any atom is 0.303 e. The van der Waals surface area contributed by atoms with Crippen molar-refractivity contribution in [3.63, 3.8) is 0 Å². The van der Waals surface area contributed by atoms with E-state index in [-0.39, 0.29) is 12.3 Å². The van der Waals surface area contributed by atoms with Crippen molar-refractivity contribution in [2.45, 2.75) is 51.9 Å². The molecular formula is C11H19NO2. The molecule has 0 radical (unpaired) electrons. The van der Waals surface area contributed by atoms with Crippen LogP contribution in [0.15, 0.2) is 0 Å². The Bertz CT molecular complexity index is 196. The van der Waals surface area contributed by atoms with Crippen LogP contribution in [0.25, 0.3) is 0 Å². The van der Waals surface area contributed by atoms with Gasteiger partial charge in [-0.3, -0.25) is 4.79 Å². The summed E-state index contributed by atoms with van der Waals surface area (Å²) in [5.74, 6) is -0.544. The third-order valence-electron chi connectivity index (χ3n) is 2.25. The largest absolute Gasteiger partial charge is 0.481 e. The molecule has 0 aromatic heterocycles. The van der Waals surface area contributed by atoms with E-state index in [0.29, 0.717) is 0 Å². The summed E-state index contributed by atoms with van der Waals surface area (Å²) in [7, 11) is 0. The topological polar surface area (TPSA) is 61.1 Å². The van der Waals surface area contributed by atoms with Gasteiger partial charge in [-0.2, -0.15) is 5.26 Å². The van der Waals surface area contributed by atoms with Crippen LogP contribution in [0.1, 0.15) is 51.9 Å². The number of hydrogen-bond acceptors (Lipinski definition) is 2. The molecule has 0 fully saturated rings. The fourth-order valence-electron chi connectivity index (χ4n) is 1.32. The van der Waals surface area contributed by atoms with Crippen molar-refractivity contribution in [3.8, 4) is 6.07 Å². The highest BCUT2D eigenvalue weighted by Crippen LogP contribution is 2.11. The Balaban J connectivity index is 3.07. The molecule has 0 saturated heterocycles. The SMILES string of the molecule is C[C@H](C#N)CCCCCCCC(=O)O. The molecule has 0 heterocycles. The number of carbonyl (C=O) groups is 1. The van der Waals surface area contributed by atoms with Crippen molar-refractivity contribution in [1.29, 1.82) is 5.26 Å². The van der Waals surface area contributed by atoms with Gasteiger partial charge in [-0.15, -0.1) is 0 Å². The molecule has 1 atom stereocenters. The molecule has 0 aliphatic rings. The summed E-state index contributed by atoms with van der Waals surface area (Å²) in [6.07, 6.45) is 6.32. The first-order valence-corrected chi connectivity index (χ1v) is 5.28. The van der Waals surface area contributed by atoms with Gasteiger partial charge in [0.15, 0.2) is 0 Å². The maximum absolute atomic E-state index is 10.2. The smallest absolute Gasteiger partial charge is 0.303 e. The zero-order valence-corrected chi connectivity index (χ0v) is 8.83. The number of aliphatic carboxylic acids is 1. The molecule has 0 amide bonds. The van der Waals surface area contributed by atoms with Crippen LogP contribution in [0, 0.1) is 17.2 Å². The van der Waals surface area contributed by atoms with Gasteiger partial charge in [-0.1, -0.05) is 25.7 Å². The highest BCUT2D eigenvalue weighted by atomic mass is 16.4. The second-order valence-corrected chi connectivity index (χ2v) is 3.73. The van der Waals surface area contributed by atoms with Gasteiger partial charge in [-0.25, -0.2) is 0 Å². The summed E-state index contributed by atoms with van der Waals surface area (Å²) in [5, 5.41) is 16.9. The Morgan fingerprint density at radius 3 is 2.43 bits per heavy atom. The van der Waals surface area contributed by atoms with Gasteiger partial charge < -0.3 is 5.11 Å². The van der Waals surface area contributed by atoms with E-state index in [9.17, 15) is 4.79 Å². The number of carboxylic acid groups (broad SMARTS) is 1. The predicted octanol–water partition coefficient (Wildman–Crippen LogP) is 2.96. The highest BCUT2D eigenvalue weighted by molar-refractivity contribution is 5.66. The molecule has 0 aromatic carbocycles. The second-order valence-electron chi connectivity index (χ2n) is 3.73. The minimum atomic E-state index is -0.705. The van der Waals surface area contributed by atoms with Gasteiger partial charge in [0.05, 0.1) is 6.07 Å². The molecule has 0 aromatic rings. The first kappa shape index (κ1) is 13.0. The van der Waals surface area contributed by atoms with E-state index < -0.39 is 5.97 Å². The van der Waals surface area contributed by atoms with Crippen LogP contribution in [0.2, 0.25) is 0 Å². The average molecular weight is 197 g/mol. The van der Waals surface area contributed by atoms with E-state index in [1.165, 1.54) is 0 Å². The van der Waals surface area contributed by atoms with Crippen molar-refractivity contribution >= 4 is 5.97 Å². The lowest BCUT2D eigenvalue weighted by atomic mass is 10.0. The molecule has 80 valence electrons. The third kappa shape index (κ3) is 9.05. The molecule has 3 nitrogen and oxygen atoms in total. The van der Waals surface area contributed by atoms with Gasteiger partial charge in [-0.05, 0) is 19.8 Å². The van der Waals surface area contributed by atoms with Crippen molar-refractivity contribution < 1.29 is 9.90 Å². The minimum absolute atomic E-state index is 0.161. The minimum Gasteiger partial charge on any atom is -0.481 e. The molecule has 0 aliphatic carbocycles. The summed E-state index contributed by atoms with van der Waals surface area (Å²) < 4.78 is 0. The first-order valence-electron chi connectivity index (χ1n) is 5.28. The molecule has 0 spiro atoms. The van der Waals surface area contributed by atoms with Crippen molar-refractivity contribution in [1.82, 2.24) is 0 Å². The summed E-state index contributed by atoms with van der Waals surface area (Å²) in [6.45, 7) is 1.93. The molecule has 0 bridgehead atoms. The Kier molecular flexibility index (Phi) is 7.92. The summed E-state index contributed by atoms with van der Waals surface area (Å²) in [5.41, 5.74) is 0. The summed E-state index contributed by atoms with van der Waals surface area (Å²) >= 11 is 0. The number of hydrogen-bond donors (Lipinski definition) is 1. The number of rotatable bonds is 8. The van der Waals surface area contributed by atoms with Crippen LogP contribution < -0.4 is 0 Å². The quantitative estimate of drug-likeness (QED) is 0.608. The number of nitrogens with zero attached hydrogens (tertiary/aromatic N) is 1. The monoisotopic (exact) mass is 197 g/mol. The van der Waals surface area contributed by atoms with Gasteiger partial charge in [0.25, 0.3) is 0 Å². The van der Waals surface area contributed by atoms with Crippen LogP contribution >= 0.6 is 0 Å². The van der Waals surface area contributed by atoms with Crippen LogP contribution in [0.3, 0.4) is 0 Å². The lowest BCUT2D eigenvalue weighted by molar-refractivity contribution is -0.137. The van der Waals surface area contributed by atoms with Gasteiger partial charge in [0.2, 0.25) is 0 Å². The van der Waals surface area contributed by atoms with Crippen molar-refractivity contribution in [2.75, 3.05) is 0 Å². The van der Waals surface area contributed by atoms with Crippen molar-refractivity contribution in [2.24, 2.45) is 5.92 Å². The molecule has 0 aliphatic heterocycles. The van der Waals surface area contributed by atoms with E-state index in [2.05, 4.69) is 6.07 Å². The lowest BCUT2D eigenvalue weighted by Gasteiger charge is -2.01. The highest BCUT2D eigenvalue weighted by Gasteiger charge is 1.99. The Morgan fingerprint density at radius 2 is 1.86 bits per heavy atom. The summed E-state index contributed by atoms with van der Waals surface area (Å²) in [6, 6.07) is 2.20. The van der Waals surface area contributed by atoms with Crippen LogP contribution in [0.5, 0.6) is 0 Å². The predicted molar refractivity (Wildman–Crippen MR) is 54.7 cm³/mol. The first-order chi connectivity index (χ1) is 6.66. The fourth-order valence-corrected chi connectivity index (χ4v) is 1.32. The third-order valence-corrected chi connectivity index (χ3v) is 2.25. The Labute approximate surface area is 85.7 Å². The number of unbranched alkanes of at least 4 members (excludes halogenated alkanes) is 4. The maximum atomic E-state index is 10.2. The van der Waals surface area contributed by atoms with E-state index in [0.717, 1.165) is 38.5 Å². The number of nitriles is 1. The molecule has 0 rings (SSSR count). The standard InChI is InChI=1S/C11H19NO2/c1-10(9-12)7-5-3-2-4-6-8-11(13)14/h10H,2-8H2,1H3,(H,13,14)/t10-/m0/s1. The van der Waals surface area contributed by atoms with E-state index >= 15 is 0 Å². The lowest BCUT2D eigenvalue weighted by Crippen LogP contribution is -1.94. The van der Waals surface area contributed by atoms with Gasteiger partial charge in [0.1, 0.15) is 0 Å². The molecule has 3 heteroatoms. The fraction of sp³-hybridized carbons (Fsp3) is 0.818. The van der Waals surface area contributed by atoms with E-state index in [4.69, 9.17) is 10.4 Å². The molecule has 0 unspecified atom stereocenters.